The van der Waals surface area contributed by atoms with Crippen molar-refractivity contribution >= 4 is 45.3 Å². The summed E-state index contributed by atoms with van der Waals surface area (Å²) in [6.07, 6.45) is 5.06. The molecule has 2 aromatic heterocycles. The summed E-state index contributed by atoms with van der Waals surface area (Å²) < 4.78 is 16.7. The second-order valence-electron chi connectivity index (χ2n) is 8.87. The maximum atomic E-state index is 13.1. The Morgan fingerprint density at radius 1 is 1.24 bits per heavy atom. The van der Waals surface area contributed by atoms with Gasteiger partial charge in [0.1, 0.15) is 21.7 Å². The predicted molar refractivity (Wildman–Crippen MR) is 135 cm³/mol. The van der Waals surface area contributed by atoms with Gasteiger partial charge in [-0.15, -0.1) is 0 Å². The molecule has 1 fully saturated rings. The van der Waals surface area contributed by atoms with Gasteiger partial charge in [0, 0.05) is 36.4 Å². The van der Waals surface area contributed by atoms with Gasteiger partial charge in [-0.05, 0) is 69.4 Å². The lowest BCUT2D eigenvalue weighted by Gasteiger charge is -2.30. The number of pyridine rings is 1. The Bertz CT molecular complexity index is 1250. The van der Waals surface area contributed by atoms with E-state index < -0.39 is 11.0 Å². The lowest BCUT2D eigenvalue weighted by Crippen LogP contribution is -2.35. The Morgan fingerprint density at radius 2 is 1.97 bits per heavy atom. The molecule has 1 saturated heterocycles. The Kier molecular flexibility index (Phi) is 7.16. The molecule has 3 aromatic rings. The van der Waals surface area contributed by atoms with Gasteiger partial charge in [-0.25, -0.2) is 13.5 Å². The summed E-state index contributed by atoms with van der Waals surface area (Å²) in [6.45, 7) is 9.77. The molecule has 1 aliphatic heterocycles. The van der Waals surface area contributed by atoms with Gasteiger partial charge in [-0.3, -0.25) is 9.36 Å². The zero-order chi connectivity index (χ0) is 23.7. The number of hydrogen-bond donors (Lipinski definition) is 1. The Morgan fingerprint density at radius 3 is 2.61 bits per heavy atom. The molecule has 0 bridgehead atoms. The first-order valence-corrected chi connectivity index (χ1v) is 12.9. The monoisotopic (exact) mass is 487 g/mol. The topological polar surface area (TPSA) is 80.1 Å². The number of aryl methyl sites for hydroxylation is 1. The molecular formula is C24H30ClN5O2S. The molecule has 0 radical (unpaired) electrons. The molecule has 7 nitrogen and oxygen atoms in total. The molecule has 0 aliphatic carbocycles. The fraction of sp³-hybridized carbons (Fsp3) is 0.458. The number of nitrogens with zero attached hydrogens (tertiary/aromatic N) is 4. The Balaban J connectivity index is 1.57. The van der Waals surface area contributed by atoms with Gasteiger partial charge < -0.3 is 5.32 Å². The highest BCUT2D eigenvalue weighted by Crippen LogP contribution is 2.27. The van der Waals surface area contributed by atoms with Gasteiger partial charge in [-0.1, -0.05) is 24.9 Å². The van der Waals surface area contributed by atoms with Crippen molar-refractivity contribution < 1.29 is 4.21 Å². The molecule has 33 heavy (non-hydrogen) atoms. The van der Waals surface area contributed by atoms with E-state index in [1.165, 1.54) is 6.42 Å². The lowest BCUT2D eigenvalue weighted by atomic mass is 9.96. The van der Waals surface area contributed by atoms with Crippen molar-refractivity contribution in [1.29, 1.82) is 0 Å². The van der Waals surface area contributed by atoms with Gasteiger partial charge in [0.2, 0.25) is 5.95 Å². The highest BCUT2D eigenvalue weighted by Gasteiger charge is 2.23. The highest BCUT2D eigenvalue weighted by molar-refractivity contribution is 7.82. The van der Waals surface area contributed by atoms with Crippen molar-refractivity contribution in [3.05, 3.63) is 51.4 Å². The van der Waals surface area contributed by atoms with Crippen LogP contribution in [0.4, 0.5) is 11.6 Å². The number of rotatable bonds is 6. The van der Waals surface area contributed by atoms with Crippen molar-refractivity contribution in [1.82, 2.24) is 18.8 Å². The van der Waals surface area contributed by atoms with Crippen molar-refractivity contribution in [2.24, 2.45) is 5.92 Å². The quantitative estimate of drug-likeness (QED) is 0.515. The fourth-order valence-corrected chi connectivity index (χ4v) is 5.77. The van der Waals surface area contributed by atoms with E-state index >= 15 is 0 Å². The molecule has 1 aliphatic rings. The number of piperidine rings is 1. The molecule has 1 aromatic carbocycles. The summed E-state index contributed by atoms with van der Waals surface area (Å²) in [4.78, 5) is 22.3. The van der Waals surface area contributed by atoms with Gasteiger partial charge in [0.05, 0.1) is 4.90 Å². The molecule has 1 unspecified atom stereocenters. The summed E-state index contributed by atoms with van der Waals surface area (Å²) in [5.41, 5.74) is 2.04. The van der Waals surface area contributed by atoms with Crippen molar-refractivity contribution in [3.8, 4) is 0 Å². The first-order valence-electron chi connectivity index (χ1n) is 11.4. The molecule has 9 heteroatoms. The molecule has 4 rings (SSSR count). The van der Waals surface area contributed by atoms with Crippen molar-refractivity contribution in [2.75, 3.05) is 18.4 Å². The minimum atomic E-state index is -1.16. The summed E-state index contributed by atoms with van der Waals surface area (Å²) in [6, 6.07) is 7.25. The van der Waals surface area contributed by atoms with Gasteiger partial charge >= 0.3 is 0 Å². The third-order valence-corrected chi connectivity index (χ3v) is 8.04. The van der Waals surface area contributed by atoms with Crippen molar-refractivity contribution in [2.45, 2.75) is 57.9 Å². The van der Waals surface area contributed by atoms with Crippen molar-refractivity contribution in [3.63, 3.8) is 0 Å². The van der Waals surface area contributed by atoms with Crippen LogP contribution >= 0.6 is 11.6 Å². The zero-order valence-electron chi connectivity index (χ0n) is 19.5. The number of hydrogen-bond acceptors (Lipinski definition) is 5. The van der Waals surface area contributed by atoms with Crippen LogP contribution < -0.4 is 10.9 Å². The molecule has 0 amide bonds. The van der Waals surface area contributed by atoms with Gasteiger partial charge in [0.25, 0.3) is 5.56 Å². The van der Waals surface area contributed by atoms with Crippen LogP contribution in [0.2, 0.25) is 5.02 Å². The SMILES string of the molecule is CCC1CCN(S(=O)c2ccc(Nc3ncc4cc(Cl)c(=O)n(C(C)C)c4n3)c(C)c2)CC1. The standard InChI is InChI=1S/C24H30ClN5O2S/c1-5-17-8-10-29(11-9-17)33(32)19-6-7-21(16(4)12-19)27-24-26-14-18-13-20(25)23(31)30(15(2)3)22(18)28-24/h6-7,12-15,17H,5,8-11H2,1-4H3,(H,26,27,28). The molecule has 1 N–H and O–H groups in total. The number of fused-ring (bicyclic) bond motifs is 1. The number of benzene rings is 1. The predicted octanol–water partition coefficient (Wildman–Crippen LogP) is 5.22. The van der Waals surface area contributed by atoms with E-state index in [4.69, 9.17) is 11.6 Å². The van der Waals surface area contributed by atoms with E-state index in [1.54, 1.807) is 16.8 Å². The lowest BCUT2D eigenvalue weighted by molar-refractivity contribution is 0.278. The summed E-state index contributed by atoms with van der Waals surface area (Å²) >= 11 is 6.11. The average molecular weight is 488 g/mol. The van der Waals surface area contributed by atoms with Crippen LogP contribution in [0.15, 0.2) is 40.2 Å². The maximum Gasteiger partial charge on any atom is 0.271 e. The van der Waals surface area contributed by atoms with Crippen LogP contribution in [-0.2, 0) is 11.0 Å². The first kappa shape index (κ1) is 23.9. The Hall–Kier alpha value is -2.29. The second-order valence-corrected chi connectivity index (χ2v) is 10.8. The molecule has 176 valence electrons. The highest BCUT2D eigenvalue weighted by atomic mass is 35.5. The average Bonchev–Trinajstić information content (AvgIpc) is 2.80. The third-order valence-electron chi connectivity index (χ3n) is 6.28. The smallest absolute Gasteiger partial charge is 0.271 e. The van der Waals surface area contributed by atoms with E-state index in [-0.39, 0.29) is 16.6 Å². The number of aromatic nitrogens is 3. The number of nitrogens with one attached hydrogen (secondary N) is 1. The van der Waals surface area contributed by atoms with Crippen LogP contribution in [0.25, 0.3) is 11.0 Å². The largest absolute Gasteiger partial charge is 0.324 e. The fourth-order valence-electron chi connectivity index (χ4n) is 4.26. The van der Waals surface area contributed by atoms with Gasteiger partial charge in [-0.2, -0.15) is 4.98 Å². The number of anilines is 2. The van der Waals surface area contributed by atoms with Crippen LogP contribution in [0.5, 0.6) is 0 Å². The number of halogens is 1. The summed E-state index contributed by atoms with van der Waals surface area (Å²) in [5.74, 6) is 1.13. The first-order chi connectivity index (χ1) is 15.8. The van der Waals surface area contributed by atoms with Gasteiger partial charge in [0.15, 0.2) is 0 Å². The van der Waals surface area contributed by atoms with E-state index in [2.05, 4.69) is 26.5 Å². The van der Waals surface area contributed by atoms with Crippen LogP contribution in [-0.4, -0.2) is 36.1 Å². The zero-order valence-corrected chi connectivity index (χ0v) is 21.0. The maximum absolute atomic E-state index is 13.1. The minimum Gasteiger partial charge on any atom is -0.324 e. The molecular weight excluding hydrogens is 458 g/mol. The molecule has 0 spiro atoms. The summed E-state index contributed by atoms with van der Waals surface area (Å²) in [7, 11) is -1.16. The molecule has 3 heterocycles. The minimum absolute atomic E-state index is 0.0974. The van der Waals surface area contributed by atoms with E-state index in [9.17, 15) is 9.00 Å². The third kappa shape index (κ3) is 4.98. The molecule has 1 atom stereocenters. The molecule has 0 saturated carbocycles. The van der Waals surface area contributed by atoms with Crippen LogP contribution in [0.3, 0.4) is 0 Å². The van der Waals surface area contributed by atoms with E-state index in [1.807, 2.05) is 39.0 Å². The van der Waals surface area contributed by atoms with Crippen LogP contribution in [0.1, 0.15) is 51.6 Å². The van der Waals surface area contributed by atoms with Crippen LogP contribution in [0, 0.1) is 12.8 Å². The van der Waals surface area contributed by atoms with E-state index in [0.717, 1.165) is 48.0 Å². The normalized spacial score (nSPS) is 16.4. The Labute approximate surface area is 201 Å². The second kappa shape index (κ2) is 9.91. The summed E-state index contributed by atoms with van der Waals surface area (Å²) in [5, 5.41) is 4.09. The van der Waals surface area contributed by atoms with E-state index in [0.29, 0.717) is 17.0 Å².